The predicted octanol–water partition coefficient (Wildman–Crippen LogP) is 1.63. The summed E-state index contributed by atoms with van der Waals surface area (Å²) < 4.78 is 0. The highest BCUT2D eigenvalue weighted by Gasteiger charge is 2.16. The van der Waals surface area contributed by atoms with Gasteiger partial charge in [-0.05, 0) is 12.8 Å². The van der Waals surface area contributed by atoms with Crippen LogP contribution in [0, 0.1) is 5.92 Å². The number of carbonyl (C=O) groups is 1. The summed E-state index contributed by atoms with van der Waals surface area (Å²) in [4.78, 5) is 10.5. The minimum atomic E-state index is -0.705. The van der Waals surface area contributed by atoms with Crippen molar-refractivity contribution in [3.8, 4) is 0 Å². The molecular formula is C10H19NO2. The van der Waals surface area contributed by atoms with E-state index in [1.54, 1.807) is 6.92 Å². The van der Waals surface area contributed by atoms with Crippen LogP contribution in [-0.4, -0.2) is 23.7 Å². The maximum atomic E-state index is 10.5. The normalized spacial score (nSPS) is 21.3. The Kier molecular flexibility index (Phi) is 4.22. The van der Waals surface area contributed by atoms with Crippen molar-refractivity contribution in [2.24, 2.45) is 5.92 Å². The van der Waals surface area contributed by atoms with Gasteiger partial charge in [-0.2, -0.15) is 0 Å². The number of carboxylic acid groups (broad SMARTS) is 1. The summed E-state index contributed by atoms with van der Waals surface area (Å²) in [6, 6.07) is 0.565. The third kappa shape index (κ3) is 3.77. The van der Waals surface area contributed by atoms with Crippen LogP contribution in [0.3, 0.4) is 0 Å². The van der Waals surface area contributed by atoms with Crippen LogP contribution in [0.4, 0.5) is 0 Å². The maximum absolute atomic E-state index is 10.5. The first-order valence-corrected chi connectivity index (χ1v) is 5.16. The van der Waals surface area contributed by atoms with Gasteiger partial charge in [0.2, 0.25) is 0 Å². The van der Waals surface area contributed by atoms with E-state index in [1.807, 2.05) is 0 Å². The van der Waals surface area contributed by atoms with Crippen LogP contribution in [0.2, 0.25) is 0 Å². The quantitative estimate of drug-likeness (QED) is 0.700. The topological polar surface area (TPSA) is 49.3 Å². The molecule has 0 saturated heterocycles. The fraction of sp³-hybridized carbons (Fsp3) is 0.900. The molecule has 2 N–H and O–H groups in total. The molecule has 76 valence electrons. The lowest BCUT2D eigenvalue weighted by Crippen LogP contribution is -2.36. The summed E-state index contributed by atoms with van der Waals surface area (Å²) in [6.07, 6.45) is 6.35. The first-order valence-electron chi connectivity index (χ1n) is 5.16. The van der Waals surface area contributed by atoms with E-state index in [9.17, 15) is 4.79 Å². The van der Waals surface area contributed by atoms with Crippen molar-refractivity contribution in [2.45, 2.75) is 45.1 Å². The van der Waals surface area contributed by atoms with Crippen LogP contribution in [0.5, 0.6) is 0 Å². The fourth-order valence-corrected chi connectivity index (χ4v) is 1.74. The first kappa shape index (κ1) is 10.5. The van der Waals surface area contributed by atoms with Gasteiger partial charge in [-0.1, -0.05) is 26.2 Å². The average molecular weight is 185 g/mol. The van der Waals surface area contributed by atoms with E-state index in [0.717, 1.165) is 0 Å². The molecule has 1 rings (SSSR count). The molecule has 0 aromatic heterocycles. The van der Waals surface area contributed by atoms with E-state index in [1.165, 1.54) is 32.1 Å². The molecule has 1 atom stereocenters. The first-order chi connectivity index (χ1) is 6.20. The molecule has 13 heavy (non-hydrogen) atoms. The molecular weight excluding hydrogens is 166 g/mol. The van der Waals surface area contributed by atoms with Gasteiger partial charge in [0, 0.05) is 12.6 Å². The lowest BCUT2D eigenvalue weighted by Gasteiger charge is -2.23. The largest absolute Gasteiger partial charge is 0.481 e. The Hall–Kier alpha value is -0.570. The molecule has 3 heteroatoms. The second kappa shape index (κ2) is 5.22. The smallest absolute Gasteiger partial charge is 0.307 e. The van der Waals surface area contributed by atoms with Gasteiger partial charge in [0.1, 0.15) is 0 Å². The number of hydrogen-bond donors (Lipinski definition) is 2. The zero-order valence-electron chi connectivity index (χ0n) is 8.25. The molecule has 1 saturated carbocycles. The van der Waals surface area contributed by atoms with Crippen molar-refractivity contribution in [1.29, 1.82) is 0 Å². The number of aliphatic carboxylic acids is 1. The Balaban J connectivity index is 2.13. The fourth-order valence-electron chi connectivity index (χ4n) is 1.74. The minimum Gasteiger partial charge on any atom is -0.481 e. The molecule has 0 bridgehead atoms. The van der Waals surface area contributed by atoms with Crippen LogP contribution in [0.15, 0.2) is 0 Å². The summed E-state index contributed by atoms with van der Waals surface area (Å²) in [6.45, 7) is 2.36. The van der Waals surface area contributed by atoms with Crippen molar-refractivity contribution >= 4 is 5.97 Å². The highest BCUT2D eigenvalue weighted by atomic mass is 16.4. The van der Waals surface area contributed by atoms with Gasteiger partial charge in [-0.25, -0.2) is 0 Å². The van der Waals surface area contributed by atoms with Gasteiger partial charge in [0.15, 0.2) is 0 Å². The highest BCUT2D eigenvalue weighted by Crippen LogP contribution is 2.17. The molecule has 0 spiro atoms. The van der Waals surface area contributed by atoms with E-state index in [2.05, 4.69) is 5.32 Å². The molecule has 1 fully saturated rings. The van der Waals surface area contributed by atoms with Crippen LogP contribution >= 0.6 is 0 Å². The minimum absolute atomic E-state index is 0.262. The summed E-state index contributed by atoms with van der Waals surface area (Å²) in [5.74, 6) is -0.967. The summed E-state index contributed by atoms with van der Waals surface area (Å²) in [5.41, 5.74) is 0. The third-order valence-corrected chi connectivity index (χ3v) is 2.74. The predicted molar refractivity (Wildman–Crippen MR) is 51.7 cm³/mol. The molecule has 0 aromatic carbocycles. The molecule has 0 amide bonds. The van der Waals surface area contributed by atoms with Gasteiger partial charge in [0.05, 0.1) is 5.92 Å². The van der Waals surface area contributed by atoms with Gasteiger partial charge in [-0.3, -0.25) is 4.79 Å². The Morgan fingerprint density at radius 3 is 2.62 bits per heavy atom. The van der Waals surface area contributed by atoms with Crippen molar-refractivity contribution < 1.29 is 9.90 Å². The molecule has 1 unspecified atom stereocenters. The maximum Gasteiger partial charge on any atom is 0.307 e. The lowest BCUT2D eigenvalue weighted by atomic mass is 9.95. The van der Waals surface area contributed by atoms with Crippen LogP contribution in [0.25, 0.3) is 0 Å². The number of hydrogen-bond acceptors (Lipinski definition) is 2. The molecule has 0 heterocycles. The molecule has 1 aliphatic carbocycles. The number of rotatable bonds is 4. The van der Waals surface area contributed by atoms with Gasteiger partial charge in [0.25, 0.3) is 0 Å². The Morgan fingerprint density at radius 2 is 2.08 bits per heavy atom. The lowest BCUT2D eigenvalue weighted by molar-refractivity contribution is -0.141. The van der Waals surface area contributed by atoms with Crippen LogP contribution in [-0.2, 0) is 4.79 Å². The monoisotopic (exact) mass is 185 g/mol. The van der Waals surface area contributed by atoms with Crippen LogP contribution in [0.1, 0.15) is 39.0 Å². The van der Waals surface area contributed by atoms with Gasteiger partial charge >= 0.3 is 5.97 Å². The summed E-state index contributed by atoms with van der Waals surface area (Å²) in [5, 5.41) is 12.0. The zero-order chi connectivity index (χ0) is 9.68. The SMILES string of the molecule is CC(CNC1CCCCC1)C(=O)O. The molecule has 0 radical (unpaired) electrons. The van der Waals surface area contributed by atoms with E-state index < -0.39 is 5.97 Å². The zero-order valence-corrected chi connectivity index (χ0v) is 8.25. The van der Waals surface area contributed by atoms with E-state index >= 15 is 0 Å². The third-order valence-electron chi connectivity index (χ3n) is 2.74. The number of nitrogens with one attached hydrogen (secondary N) is 1. The van der Waals surface area contributed by atoms with Crippen molar-refractivity contribution in [3.05, 3.63) is 0 Å². The second-order valence-electron chi connectivity index (χ2n) is 3.98. The van der Waals surface area contributed by atoms with Crippen LogP contribution < -0.4 is 5.32 Å². The highest BCUT2D eigenvalue weighted by molar-refractivity contribution is 5.69. The van der Waals surface area contributed by atoms with Crippen molar-refractivity contribution in [1.82, 2.24) is 5.32 Å². The average Bonchev–Trinajstić information content (AvgIpc) is 2.15. The van der Waals surface area contributed by atoms with Crippen molar-refractivity contribution in [2.75, 3.05) is 6.54 Å². The Bertz CT molecular complexity index is 164. The molecule has 0 aliphatic heterocycles. The van der Waals surface area contributed by atoms with Gasteiger partial charge < -0.3 is 10.4 Å². The summed E-state index contributed by atoms with van der Waals surface area (Å²) >= 11 is 0. The Morgan fingerprint density at radius 1 is 1.46 bits per heavy atom. The Labute approximate surface area is 79.5 Å². The second-order valence-corrected chi connectivity index (χ2v) is 3.98. The molecule has 1 aliphatic rings. The van der Waals surface area contributed by atoms with E-state index in [4.69, 9.17) is 5.11 Å². The van der Waals surface area contributed by atoms with E-state index in [-0.39, 0.29) is 5.92 Å². The number of carboxylic acids is 1. The van der Waals surface area contributed by atoms with Gasteiger partial charge in [-0.15, -0.1) is 0 Å². The summed E-state index contributed by atoms with van der Waals surface area (Å²) in [7, 11) is 0. The molecule has 0 aromatic rings. The van der Waals surface area contributed by atoms with E-state index in [0.29, 0.717) is 12.6 Å². The standard InChI is InChI=1S/C10H19NO2/c1-8(10(12)13)7-11-9-5-3-2-4-6-9/h8-9,11H,2-7H2,1H3,(H,12,13). The molecule has 3 nitrogen and oxygen atoms in total. The van der Waals surface area contributed by atoms with Crippen molar-refractivity contribution in [3.63, 3.8) is 0 Å².